The SMILES string of the molecule is O=CN1CCN(C(=O)CCc2cscn2)CC1. The molecular formula is C11H15N3O2S. The maximum Gasteiger partial charge on any atom is 0.223 e. The molecule has 0 saturated carbocycles. The Balaban J connectivity index is 1.75. The molecule has 1 saturated heterocycles. The zero-order valence-electron chi connectivity index (χ0n) is 9.54. The second-order valence-corrected chi connectivity index (χ2v) is 4.72. The third-order valence-electron chi connectivity index (χ3n) is 2.89. The molecule has 1 aliphatic heterocycles. The van der Waals surface area contributed by atoms with Crippen molar-refractivity contribution in [1.29, 1.82) is 0 Å². The molecule has 0 spiro atoms. The van der Waals surface area contributed by atoms with Crippen molar-refractivity contribution in [2.45, 2.75) is 12.8 Å². The first-order chi connectivity index (χ1) is 8.29. The highest BCUT2D eigenvalue weighted by Gasteiger charge is 2.19. The van der Waals surface area contributed by atoms with Gasteiger partial charge in [0.2, 0.25) is 12.3 Å². The summed E-state index contributed by atoms with van der Waals surface area (Å²) in [4.78, 5) is 30.1. The van der Waals surface area contributed by atoms with E-state index in [1.807, 2.05) is 10.3 Å². The molecule has 92 valence electrons. The smallest absolute Gasteiger partial charge is 0.223 e. The summed E-state index contributed by atoms with van der Waals surface area (Å²) in [5, 5.41) is 1.97. The minimum atomic E-state index is 0.156. The largest absolute Gasteiger partial charge is 0.342 e. The van der Waals surface area contributed by atoms with Gasteiger partial charge in [0.05, 0.1) is 11.2 Å². The first-order valence-electron chi connectivity index (χ1n) is 5.64. The molecule has 2 rings (SSSR count). The third-order valence-corrected chi connectivity index (χ3v) is 3.53. The predicted octanol–water partition coefficient (Wildman–Crippen LogP) is 0.376. The number of amides is 2. The maximum atomic E-state index is 11.9. The minimum absolute atomic E-state index is 0.156. The zero-order valence-corrected chi connectivity index (χ0v) is 10.4. The van der Waals surface area contributed by atoms with E-state index in [0.29, 0.717) is 39.0 Å². The Bertz CT molecular complexity index is 372. The van der Waals surface area contributed by atoms with Gasteiger partial charge in [-0.25, -0.2) is 4.98 Å². The normalized spacial score (nSPS) is 16.0. The van der Waals surface area contributed by atoms with Crippen molar-refractivity contribution in [2.75, 3.05) is 26.2 Å². The van der Waals surface area contributed by atoms with Crippen molar-refractivity contribution in [3.63, 3.8) is 0 Å². The molecule has 2 heterocycles. The fraction of sp³-hybridized carbons (Fsp3) is 0.545. The van der Waals surface area contributed by atoms with E-state index in [1.54, 1.807) is 21.7 Å². The lowest BCUT2D eigenvalue weighted by Gasteiger charge is -2.32. The van der Waals surface area contributed by atoms with E-state index in [2.05, 4.69) is 4.98 Å². The zero-order chi connectivity index (χ0) is 12.1. The molecule has 1 aromatic rings. The van der Waals surface area contributed by atoms with E-state index in [0.717, 1.165) is 12.1 Å². The van der Waals surface area contributed by atoms with E-state index in [1.165, 1.54) is 0 Å². The van der Waals surface area contributed by atoms with Crippen molar-refractivity contribution in [2.24, 2.45) is 0 Å². The van der Waals surface area contributed by atoms with Crippen molar-refractivity contribution >= 4 is 23.7 Å². The molecule has 5 nitrogen and oxygen atoms in total. The number of hydrogen-bond donors (Lipinski definition) is 0. The molecule has 0 radical (unpaired) electrons. The number of piperazine rings is 1. The van der Waals surface area contributed by atoms with Gasteiger partial charge in [0.1, 0.15) is 0 Å². The predicted molar refractivity (Wildman–Crippen MR) is 64.7 cm³/mol. The molecule has 17 heavy (non-hydrogen) atoms. The Kier molecular flexibility index (Phi) is 4.08. The quantitative estimate of drug-likeness (QED) is 0.729. The summed E-state index contributed by atoms with van der Waals surface area (Å²) in [6, 6.07) is 0. The van der Waals surface area contributed by atoms with E-state index in [9.17, 15) is 9.59 Å². The number of rotatable bonds is 4. The molecule has 0 bridgehead atoms. The van der Waals surface area contributed by atoms with Gasteiger partial charge in [-0.3, -0.25) is 9.59 Å². The second kappa shape index (κ2) is 5.77. The van der Waals surface area contributed by atoms with Gasteiger partial charge in [-0.2, -0.15) is 0 Å². The summed E-state index contributed by atoms with van der Waals surface area (Å²) in [6.07, 6.45) is 2.05. The summed E-state index contributed by atoms with van der Waals surface area (Å²) >= 11 is 1.55. The molecular weight excluding hydrogens is 238 g/mol. The minimum Gasteiger partial charge on any atom is -0.342 e. The van der Waals surface area contributed by atoms with Crippen LogP contribution >= 0.6 is 11.3 Å². The van der Waals surface area contributed by atoms with Crippen LogP contribution in [0.25, 0.3) is 0 Å². The molecule has 0 N–H and O–H groups in total. The molecule has 1 fully saturated rings. The second-order valence-electron chi connectivity index (χ2n) is 4.00. The van der Waals surface area contributed by atoms with Crippen LogP contribution in [0.1, 0.15) is 12.1 Å². The Labute approximate surface area is 104 Å². The summed E-state index contributed by atoms with van der Waals surface area (Å²) in [7, 11) is 0. The molecule has 1 aromatic heterocycles. The Morgan fingerprint density at radius 1 is 1.41 bits per heavy atom. The number of nitrogens with zero attached hydrogens (tertiary/aromatic N) is 3. The monoisotopic (exact) mass is 253 g/mol. The average Bonchev–Trinajstić information content (AvgIpc) is 2.89. The first-order valence-corrected chi connectivity index (χ1v) is 6.58. The molecule has 0 atom stereocenters. The Morgan fingerprint density at radius 3 is 2.76 bits per heavy atom. The highest BCUT2D eigenvalue weighted by Crippen LogP contribution is 2.07. The van der Waals surface area contributed by atoms with Gasteiger partial charge in [-0.15, -0.1) is 11.3 Å². The highest BCUT2D eigenvalue weighted by molar-refractivity contribution is 7.07. The lowest BCUT2D eigenvalue weighted by molar-refractivity contribution is -0.135. The van der Waals surface area contributed by atoms with Crippen molar-refractivity contribution in [3.8, 4) is 0 Å². The van der Waals surface area contributed by atoms with Crippen LogP contribution in [0.15, 0.2) is 10.9 Å². The van der Waals surface area contributed by atoms with Gasteiger partial charge in [0.15, 0.2) is 0 Å². The van der Waals surface area contributed by atoms with Gasteiger partial charge in [-0.1, -0.05) is 0 Å². The summed E-state index contributed by atoms with van der Waals surface area (Å²) in [5.41, 5.74) is 2.76. The van der Waals surface area contributed by atoms with Gasteiger partial charge in [-0.05, 0) is 6.42 Å². The van der Waals surface area contributed by atoms with E-state index in [4.69, 9.17) is 0 Å². The highest BCUT2D eigenvalue weighted by atomic mass is 32.1. The number of carbonyl (C=O) groups excluding carboxylic acids is 2. The Morgan fingerprint density at radius 2 is 2.18 bits per heavy atom. The fourth-order valence-electron chi connectivity index (χ4n) is 1.83. The van der Waals surface area contributed by atoms with Crippen LogP contribution in [0.3, 0.4) is 0 Å². The third kappa shape index (κ3) is 3.26. The van der Waals surface area contributed by atoms with Crippen LogP contribution in [-0.2, 0) is 16.0 Å². The molecule has 0 unspecified atom stereocenters. The van der Waals surface area contributed by atoms with Crippen molar-refractivity contribution in [3.05, 3.63) is 16.6 Å². The van der Waals surface area contributed by atoms with E-state index in [-0.39, 0.29) is 5.91 Å². The van der Waals surface area contributed by atoms with Crippen molar-refractivity contribution in [1.82, 2.24) is 14.8 Å². The molecule has 2 amide bonds. The Hall–Kier alpha value is -1.43. The molecule has 1 aliphatic rings. The number of hydrogen-bond acceptors (Lipinski definition) is 4. The maximum absolute atomic E-state index is 11.9. The summed E-state index contributed by atoms with van der Waals surface area (Å²) < 4.78 is 0. The van der Waals surface area contributed by atoms with Crippen LogP contribution in [-0.4, -0.2) is 53.3 Å². The molecule has 6 heteroatoms. The van der Waals surface area contributed by atoms with Crippen LogP contribution in [0.5, 0.6) is 0 Å². The number of thiazole rings is 1. The van der Waals surface area contributed by atoms with Crippen molar-refractivity contribution < 1.29 is 9.59 Å². The van der Waals surface area contributed by atoms with Crippen LogP contribution in [0, 0.1) is 0 Å². The lowest BCUT2D eigenvalue weighted by Crippen LogP contribution is -2.48. The summed E-state index contributed by atoms with van der Waals surface area (Å²) in [6.45, 7) is 2.58. The standard InChI is InChI=1S/C11H15N3O2S/c15-9-13-3-5-14(6-4-13)11(16)2-1-10-7-17-8-12-10/h7-9H,1-6H2. The van der Waals surface area contributed by atoms with Gasteiger partial charge < -0.3 is 9.80 Å². The molecule has 0 aliphatic carbocycles. The fourth-order valence-corrected chi connectivity index (χ4v) is 2.42. The number of aromatic nitrogens is 1. The first kappa shape index (κ1) is 12.0. The van der Waals surface area contributed by atoms with Crippen LogP contribution in [0.2, 0.25) is 0 Å². The average molecular weight is 253 g/mol. The topological polar surface area (TPSA) is 53.5 Å². The lowest BCUT2D eigenvalue weighted by atomic mass is 10.2. The van der Waals surface area contributed by atoms with Gasteiger partial charge >= 0.3 is 0 Å². The van der Waals surface area contributed by atoms with Crippen LogP contribution in [0.4, 0.5) is 0 Å². The number of aryl methyl sites for hydroxylation is 1. The summed E-state index contributed by atoms with van der Waals surface area (Å²) in [5.74, 6) is 0.156. The molecule has 0 aromatic carbocycles. The number of carbonyl (C=O) groups is 2. The van der Waals surface area contributed by atoms with Gasteiger partial charge in [0.25, 0.3) is 0 Å². The van der Waals surface area contributed by atoms with Gasteiger partial charge in [0, 0.05) is 38.0 Å². The van der Waals surface area contributed by atoms with E-state index < -0.39 is 0 Å². The van der Waals surface area contributed by atoms with Crippen LogP contribution < -0.4 is 0 Å². The van der Waals surface area contributed by atoms with E-state index >= 15 is 0 Å².